The van der Waals surface area contributed by atoms with Gasteiger partial charge in [0.15, 0.2) is 0 Å². The third-order valence-corrected chi connectivity index (χ3v) is 7.68. The lowest BCUT2D eigenvalue weighted by molar-refractivity contribution is 0.445. The van der Waals surface area contributed by atoms with Crippen LogP contribution < -0.4 is 5.56 Å². The molecule has 138 valence electrons. The van der Waals surface area contributed by atoms with E-state index in [1.807, 2.05) is 27.7 Å². The molecular formula is C18H21N3O3S2. The number of aromatic nitrogens is 2. The third kappa shape index (κ3) is 3.08. The standard InChI is InChI=1S/C18H21N3O3S2/c1-5-21(6-2)26(23,24)14-9-7-13(8-10-14)16-19-17(22)15-11(3)12(4)25-18(15)20-16/h7-10H,5-6H2,1-4H3,(H,19,20,22). The summed E-state index contributed by atoms with van der Waals surface area (Å²) in [6, 6.07) is 6.46. The van der Waals surface area contributed by atoms with E-state index in [1.165, 1.54) is 15.6 Å². The molecule has 8 heteroatoms. The number of hydrogen-bond acceptors (Lipinski definition) is 5. The van der Waals surface area contributed by atoms with E-state index in [0.29, 0.717) is 34.7 Å². The second-order valence-corrected chi connectivity index (χ2v) is 9.13. The molecule has 0 aliphatic heterocycles. The second kappa shape index (κ2) is 6.94. The molecule has 0 saturated heterocycles. The Hall–Kier alpha value is -2.03. The molecule has 0 aliphatic carbocycles. The zero-order valence-electron chi connectivity index (χ0n) is 15.2. The first-order valence-corrected chi connectivity index (χ1v) is 10.7. The van der Waals surface area contributed by atoms with Gasteiger partial charge in [-0.15, -0.1) is 11.3 Å². The van der Waals surface area contributed by atoms with Gasteiger partial charge in [0, 0.05) is 23.5 Å². The molecule has 0 amide bonds. The fourth-order valence-electron chi connectivity index (χ4n) is 2.89. The van der Waals surface area contributed by atoms with Gasteiger partial charge in [-0.05, 0) is 43.7 Å². The van der Waals surface area contributed by atoms with Gasteiger partial charge < -0.3 is 4.98 Å². The molecule has 0 fully saturated rings. The predicted molar refractivity (Wildman–Crippen MR) is 105 cm³/mol. The number of nitrogens with zero attached hydrogens (tertiary/aromatic N) is 2. The lowest BCUT2D eigenvalue weighted by atomic mass is 10.2. The van der Waals surface area contributed by atoms with E-state index in [0.717, 1.165) is 10.4 Å². The first-order valence-electron chi connectivity index (χ1n) is 8.40. The Balaban J connectivity index is 2.04. The van der Waals surface area contributed by atoms with Crippen molar-refractivity contribution in [1.29, 1.82) is 0 Å². The van der Waals surface area contributed by atoms with Gasteiger partial charge in [-0.1, -0.05) is 13.8 Å². The molecule has 6 nitrogen and oxygen atoms in total. The van der Waals surface area contributed by atoms with Crippen LogP contribution in [0, 0.1) is 13.8 Å². The molecule has 0 unspecified atom stereocenters. The molecule has 0 radical (unpaired) electrons. The smallest absolute Gasteiger partial charge is 0.260 e. The molecule has 0 bridgehead atoms. The van der Waals surface area contributed by atoms with Crippen molar-refractivity contribution in [2.24, 2.45) is 0 Å². The maximum absolute atomic E-state index is 12.6. The number of rotatable bonds is 5. The first-order chi connectivity index (χ1) is 12.3. The zero-order valence-corrected chi connectivity index (χ0v) is 16.8. The molecule has 26 heavy (non-hydrogen) atoms. The highest BCUT2D eigenvalue weighted by molar-refractivity contribution is 7.89. The van der Waals surface area contributed by atoms with Crippen LogP contribution in [0.2, 0.25) is 0 Å². The average molecular weight is 392 g/mol. The van der Waals surface area contributed by atoms with Gasteiger partial charge in [0.25, 0.3) is 5.56 Å². The number of sulfonamides is 1. The van der Waals surface area contributed by atoms with Crippen molar-refractivity contribution in [2.75, 3.05) is 13.1 Å². The Morgan fingerprint density at radius 3 is 2.31 bits per heavy atom. The second-order valence-electron chi connectivity index (χ2n) is 5.99. The van der Waals surface area contributed by atoms with Crippen molar-refractivity contribution in [1.82, 2.24) is 14.3 Å². The Morgan fingerprint density at radius 1 is 1.12 bits per heavy atom. The van der Waals surface area contributed by atoms with Gasteiger partial charge in [-0.25, -0.2) is 13.4 Å². The number of hydrogen-bond donors (Lipinski definition) is 1. The fourth-order valence-corrected chi connectivity index (χ4v) is 5.38. The fraction of sp³-hybridized carbons (Fsp3) is 0.333. The average Bonchev–Trinajstić information content (AvgIpc) is 2.90. The highest BCUT2D eigenvalue weighted by Gasteiger charge is 2.21. The Bertz CT molecular complexity index is 1110. The van der Waals surface area contributed by atoms with Gasteiger partial charge in [-0.2, -0.15) is 4.31 Å². The van der Waals surface area contributed by atoms with Gasteiger partial charge in [0.2, 0.25) is 10.0 Å². The van der Waals surface area contributed by atoms with E-state index < -0.39 is 10.0 Å². The quantitative estimate of drug-likeness (QED) is 0.723. The van der Waals surface area contributed by atoms with Crippen molar-refractivity contribution < 1.29 is 8.42 Å². The summed E-state index contributed by atoms with van der Waals surface area (Å²) in [7, 11) is -3.50. The number of aromatic amines is 1. The van der Waals surface area contributed by atoms with Crippen LogP contribution in [0.3, 0.4) is 0 Å². The lowest BCUT2D eigenvalue weighted by Crippen LogP contribution is -2.30. The minimum absolute atomic E-state index is 0.174. The molecule has 1 aromatic carbocycles. The van der Waals surface area contributed by atoms with E-state index >= 15 is 0 Å². The number of aryl methyl sites for hydroxylation is 2. The lowest BCUT2D eigenvalue weighted by Gasteiger charge is -2.18. The van der Waals surface area contributed by atoms with Gasteiger partial charge in [0.05, 0.1) is 10.3 Å². The molecule has 2 aromatic heterocycles. The molecule has 0 saturated carbocycles. The van der Waals surface area contributed by atoms with E-state index in [-0.39, 0.29) is 10.5 Å². The first kappa shape index (κ1) is 18.8. The summed E-state index contributed by atoms with van der Waals surface area (Å²) >= 11 is 1.49. The molecule has 0 aliphatic rings. The van der Waals surface area contributed by atoms with Gasteiger partial charge in [-0.3, -0.25) is 4.79 Å². The van der Waals surface area contributed by atoms with Crippen LogP contribution >= 0.6 is 11.3 Å². The maximum Gasteiger partial charge on any atom is 0.260 e. The molecule has 1 N–H and O–H groups in total. The zero-order chi connectivity index (χ0) is 19.1. The number of thiophene rings is 1. The summed E-state index contributed by atoms with van der Waals surface area (Å²) < 4.78 is 26.5. The summed E-state index contributed by atoms with van der Waals surface area (Å²) in [5, 5.41) is 0.622. The molecular weight excluding hydrogens is 370 g/mol. The molecule has 3 rings (SSSR count). The minimum atomic E-state index is -3.50. The van der Waals surface area contributed by atoms with Crippen molar-refractivity contribution in [3.63, 3.8) is 0 Å². The van der Waals surface area contributed by atoms with Crippen LogP contribution in [0.25, 0.3) is 21.6 Å². The summed E-state index contributed by atoms with van der Waals surface area (Å²) in [5.74, 6) is 0.440. The summed E-state index contributed by atoms with van der Waals surface area (Å²) in [6.45, 7) is 8.34. The largest absolute Gasteiger partial charge is 0.306 e. The SMILES string of the molecule is CCN(CC)S(=O)(=O)c1ccc(-c2nc3sc(C)c(C)c3c(=O)[nH]2)cc1. The van der Waals surface area contributed by atoms with Crippen molar-refractivity contribution in [2.45, 2.75) is 32.6 Å². The third-order valence-electron chi connectivity index (χ3n) is 4.51. The van der Waals surface area contributed by atoms with Crippen LogP contribution in [0.4, 0.5) is 0 Å². The Labute approximate surface area is 156 Å². The molecule has 2 heterocycles. The highest BCUT2D eigenvalue weighted by Crippen LogP contribution is 2.28. The van der Waals surface area contributed by atoms with Crippen LogP contribution in [0.15, 0.2) is 34.0 Å². The summed E-state index contributed by atoms with van der Waals surface area (Å²) in [5.41, 5.74) is 1.45. The predicted octanol–water partition coefficient (Wildman–Crippen LogP) is 3.30. The number of benzene rings is 1. The van der Waals surface area contributed by atoms with Crippen LogP contribution in [-0.2, 0) is 10.0 Å². The van der Waals surface area contributed by atoms with E-state index in [4.69, 9.17) is 0 Å². The molecule has 3 aromatic rings. The van der Waals surface area contributed by atoms with Crippen molar-refractivity contribution >= 4 is 31.6 Å². The van der Waals surface area contributed by atoms with E-state index in [9.17, 15) is 13.2 Å². The maximum atomic E-state index is 12.6. The number of H-pyrrole nitrogens is 1. The normalized spacial score (nSPS) is 12.2. The van der Waals surface area contributed by atoms with Crippen LogP contribution in [-0.4, -0.2) is 35.8 Å². The summed E-state index contributed by atoms with van der Waals surface area (Å²) in [6.07, 6.45) is 0. The van der Waals surface area contributed by atoms with Crippen LogP contribution in [0.5, 0.6) is 0 Å². The van der Waals surface area contributed by atoms with Crippen molar-refractivity contribution in [3.8, 4) is 11.4 Å². The van der Waals surface area contributed by atoms with Gasteiger partial charge >= 0.3 is 0 Å². The summed E-state index contributed by atoms with van der Waals surface area (Å²) in [4.78, 5) is 21.8. The topological polar surface area (TPSA) is 83.1 Å². The monoisotopic (exact) mass is 391 g/mol. The number of fused-ring (bicyclic) bond motifs is 1. The minimum Gasteiger partial charge on any atom is -0.306 e. The van der Waals surface area contributed by atoms with E-state index in [1.54, 1.807) is 24.3 Å². The van der Waals surface area contributed by atoms with Gasteiger partial charge in [0.1, 0.15) is 10.7 Å². The molecule has 0 atom stereocenters. The van der Waals surface area contributed by atoms with E-state index in [2.05, 4.69) is 9.97 Å². The highest BCUT2D eigenvalue weighted by atomic mass is 32.2. The Morgan fingerprint density at radius 2 is 1.73 bits per heavy atom. The Kier molecular flexibility index (Phi) is 5.01. The van der Waals surface area contributed by atoms with Crippen molar-refractivity contribution in [3.05, 3.63) is 45.1 Å². The molecule has 0 spiro atoms. The van der Waals surface area contributed by atoms with Crippen LogP contribution in [0.1, 0.15) is 24.3 Å². The number of nitrogens with one attached hydrogen (secondary N) is 1.